The summed E-state index contributed by atoms with van der Waals surface area (Å²) in [4.78, 5) is 11.8. The first-order valence-corrected chi connectivity index (χ1v) is 4.89. The maximum absolute atomic E-state index is 13.3. The zero-order chi connectivity index (χ0) is 11.8. The summed E-state index contributed by atoms with van der Waals surface area (Å²) in [5, 5.41) is 0. The molecule has 0 saturated carbocycles. The van der Waals surface area contributed by atoms with Crippen LogP contribution in [0.25, 0.3) is 0 Å². The van der Waals surface area contributed by atoms with Gasteiger partial charge in [0.15, 0.2) is 6.29 Å². The molecule has 0 unspecified atom stereocenters. The molecule has 1 fully saturated rings. The van der Waals surface area contributed by atoms with Crippen LogP contribution in [-0.4, -0.2) is 25.3 Å². The molecule has 0 amide bonds. The van der Waals surface area contributed by atoms with Crippen molar-refractivity contribution in [2.24, 2.45) is 0 Å². The molecule has 0 radical (unpaired) electrons. The second-order valence-corrected chi connectivity index (χ2v) is 3.85. The number of anilines is 1. The van der Waals surface area contributed by atoms with E-state index in [9.17, 15) is 18.0 Å². The molecule has 2 nitrogen and oxygen atoms in total. The fourth-order valence-electron chi connectivity index (χ4n) is 1.76. The average Bonchev–Trinajstić information content (AvgIpc) is 2.59. The third-order valence-corrected chi connectivity index (χ3v) is 2.65. The Bertz CT molecular complexity index is 420. The van der Waals surface area contributed by atoms with Crippen molar-refractivity contribution in [2.75, 3.05) is 18.0 Å². The lowest BCUT2D eigenvalue weighted by Crippen LogP contribution is -2.24. The number of alkyl halides is 2. The number of aldehydes is 1. The quantitative estimate of drug-likeness (QED) is 0.726. The van der Waals surface area contributed by atoms with E-state index in [0.717, 1.165) is 6.07 Å². The van der Waals surface area contributed by atoms with Crippen molar-refractivity contribution < 1.29 is 18.0 Å². The van der Waals surface area contributed by atoms with E-state index in [-0.39, 0.29) is 18.5 Å². The zero-order valence-corrected chi connectivity index (χ0v) is 8.42. The number of nitrogens with zero attached hydrogens (tertiary/aromatic N) is 1. The topological polar surface area (TPSA) is 20.3 Å². The zero-order valence-electron chi connectivity index (χ0n) is 8.42. The van der Waals surface area contributed by atoms with Crippen molar-refractivity contribution in [1.82, 2.24) is 0 Å². The second-order valence-electron chi connectivity index (χ2n) is 3.85. The van der Waals surface area contributed by atoms with Gasteiger partial charge >= 0.3 is 0 Å². The molecule has 1 aromatic carbocycles. The molecule has 1 heterocycles. The van der Waals surface area contributed by atoms with Gasteiger partial charge in [-0.3, -0.25) is 4.79 Å². The van der Waals surface area contributed by atoms with Crippen LogP contribution < -0.4 is 4.90 Å². The van der Waals surface area contributed by atoms with E-state index in [0.29, 0.717) is 12.0 Å². The van der Waals surface area contributed by atoms with Crippen molar-refractivity contribution in [2.45, 2.75) is 12.3 Å². The SMILES string of the molecule is O=Cc1ccc(N2CCC(F)(F)C2)cc1F. The van der Waals surface area contributed by atoms with Crippen LogP contribution in [0.15, 0.2) is 18.2 Å². The first-order chi connectivity index (χ1) is 7.52. The first-order valence-electron chi connectivity index (χ1n) is 4.89. The van der Waals surface area contributed by atoms with E-state index >= 15 is 0 Å². The molecule has 86 valence electrons. The third kappa shape index (κ3) is 2.03. The van der Waals surface area contributed by atoms with Gasteiger partial charge in [-0.15, -0.1) is 0 Å². The lowest BCUT2D eigenvalue weighted by Gasteiger charge is -2.18. The van der Waals surface area contributed by atoms with Crippen molar-refractivity contribution >= 4 is 12.0 Å². The van der Waals surface area contributed by atoms with Gasteiger partial charge in [0.2, 0.25) is 0 Å². The van der Waals surface area contributed by atoms with E-state index in [1.54, 1.807) is 0 Å². The first kappa shape index (κ1) is 11.0. The summed E-state index contributed by atoms with van der Waals surface area (Å²) in [5.41, 5.74) is 0.329. The van der Waals surface area contributed by atoms with E-state index in [4.69, 9.17) is 0 Å². The maximum Gasteiger partial charge on any atom is 0.266 e. The second kappa shape index (κ2) is 3.81. The highest BCUT2D eigenvalue weighted by Crippen LogP contribution is 2.31. The van der Waals surface area contributed by atoms with Crippen LogP contribution in [0.5, 0.6) is 0 Å². The molecule has 5 heteroatoms. The molecule has 16 heavy (non-hydrogen) atoms. The molecule has 1 aromatic rings. The number of carbonyl (C=O) groups is 1. The molecule has 1 aliphatic heterocycles. The molecule has 2 rings (SSSR count). The lowest BCUT2D eigenvalue weighted by atomic mass is 10.2. The van der Waals surface area contributed by atoms with Crippen molar-refractivity contribution in [1.29, 1.82) is 0 Å². The Balaban J connectivity index is 2.23. The van der Waals surface area contributed by atoms with Gasteiger partial charge in [0, 0.05) is 18.7 Å². The molecule has 0 N–H and O–H groups in total. The normalized spacial score (nSPS) is 18.8. The summed E-state index contributed by atoms with van der Waals surface area (Å²) in [6, 6.07) is 3.90. The average molecular weight is 229 g/mol. The van der Waals surface area contributed by atoms with Crippen LogP contribution in [0.1, 0.15) is 16.8 Å². The van der Waals surface area contributed by atoms with Crippen molar-refractivity contribution in [3.8, 4) is 0 Å². The van der Waals surface area contributed by atoms with Crippen LogP contribution in [0.2, 0.25) is 0 Å². The Kier molecular flexibility index (Phi) is 2.61. The molecular formula is C11H10F3NO. The van der Waals surface area contributed by atoms with Gasteiger partial charge in [0.1, 0.15) is 5.82 Å². The molecule has 0 atom stereocenters. The number of hydrogen-bond acceptors (Lipinski definition) is 2. The minimum Gasteiger partial charge on any atom is -0.365 e. The predicted molar refractivity (Wildman–Crippen MR) is 53.6 cm³/mol. The molecule has 0 bridgehead atoms. The Morgan fingerprint density at radius 2 is 2.12 bits per heavy atom. The molecule has 1 aliphatic rings. The summed E-state index contributed by atoms with van der Waals surface area (Å²) in [6.07, 6.45) is 0.182. The van der Waals surface area contributed by atoms with E-state index < -0.39 is 18.3 Å². The summed E-state index contributed by atoms with van der Waals surface area (Å²) in [5.74, 6) is -3.39. The number of halogens is 3. The number of benzene rings is 1. The minimum absolute atomic E-state index is 0.0605. The molecule has 0 aromatic heterocycles. The van der Waals surface area contributed by atoms with Gasteiger partial charge < -0.3 is 4.90 Å². The summed E-state index contributed by atoms with van der Waals surface area (Å²) in [6.45, 7) is -0.195. The van der Waals surface area contributed by atoms with Crippen LogP contribution in [-0.2, 0) is 0 Å². The number of hydrogen-bond donors (Lipinski definition) is 0. The van der Waals surface area contributed by atoms with Gasteiger partial charge in [0.25, 0.3) is 5.92 Å². The summed E-state index contributed by atoms with van der Waals surface area (Å²) >= 11 is 0. The maximum atomic E-state index is 13.3. The monoisotopic (exact) mass is 229 g/mol. The molecule has 0 aliphatic carbocycles. The Hall–Kier alpha value is -1.52. The van der Waals surface area contributed by atoms with Crippen molar-refractivity contribution in [3.63, 3.8) is 0 Å². The minimum atomic E-state index is -2.71. The van der Waals surface area contributed by atoms with Crippen LogP contribution in [0.4, 0.5) is 18.9 Å². The number of carbonyl (C=O) groups excluding carboxylic acids is 1. The van der Waals surface area contributed by atoms with E-state index in [2.05, 4.69) is 0 Å². The highest BCUT2D eigenvalue weighted by Gasteiger charge is 2.38. The van der Waals surface area contributed by atoms with Gasteiger partial charge in [-0.2, -0.15) is 0 Å². The highest BCUT2D eigenvalue weighted by molar-refractivity contribution is 5.76. The third-order valence-electron chi connectivity index (χ3n) is 2.65. The summed E-state index contributed by atoms with van der Waals surface area (Å²) in [7, 11) is 0. The lowest BCUT2D eigenvalue weighted by molar-refractivity contribution is 0.0257. The summed E-state index contributed by atoms with van der Waals surface area (Å²) < 4.78 is 39.1. The van der Waals surface area contributed by atoms with Crippen LogP contribution in [0, 0.1) is 5.82 Å². The molecule has 0 spiro atoms. The fraction of sp³-hybridized carbons (Fsp3) is 0.364. The van der Waals surface area contributed by atoms with E-state index in [1.807, 2.05) is 0 Å². The molecule has 1 saturated heterocycles. The fourth-order valence-corrected chi connectivity index (χ4v) is 1.76. The highest BCUT2D eigenvalue weighted by atomic mass is 19.3. The van der Waals surface area contributed by atoms with Crippen LogP contribution in [0.3, 0.4) is 0 Å². The van der Waals surface area contributed by atoms with Gasteiger partial charge in [-0.05, 0) is 18.2 Å². The standard InChI is InChI=1S/C11H10F3NO/c12-10-5-9(2-1-8(10)6-16)15-4-3-11(13,14)7-15/h1-2,5-6H,3-4,7H2. The smallest absolute Gasteiger partial charge is 0.266 e. The van der Waals surface area contributed by atoms with Gasteiger partial charge in [0.05, 0.1) is 12.1 Å². The van der Waals surface area contributed by atoms with Crippen LogP contribution >= 0.6 is 0 Å². The molecular weight excluding hydrogens is 219 g/mol. The largest absolute Gasteiger partial charge is 0.365 e. The Morgan fingerprint density at radius 1 is 1.38 bits per heavy atom. The Labute approximate surface area is 90.7 Å². The number of rotatable bonds is 2. The van der Waals surface area contributed by atoms with Gasteiger partial charge in [-0.1, -0.05) is 0 Å². The predicted octanol–water partition coefficient (Wildman–Crippen LogP) is 2.48. The van der Waals surface area contributed by atoms with E-state index in [1.165, 1.54) is 17.0 Å². The van der Waals surface area contributed by atoms with Gasteiger partial charge in [-0.25, -0.2) is 13.2 Å². The van der Waals surface area contributed by atoms with Crippen molar-refractivity contribution in [3.05, 3.63) is 29.6 Å². The Morgan fingerprint density at radius 3 is 2.62 bits per heavy atom.